The number of para-hydroxylation sites is 2. The van der Waals surface area contributed by atoms with Gasteiger partial charge >= 0.3 is 0 Å². The highest BCUT2D eigenvalue weighted by Gasteiger charge is 2.11. The summed E-state index contributed by atoms with van der Waals surface area (Å²) in [6, 6.07) is 59.8. The van der Waals surface area contributed by atoms with E-state index < -0.39 is 0 Å². The second-order valence-corrected chi connectivity index (χ2v) is 10.4. The number of hydrogen-bond acceptors (Lipinski definition) is 2. The zero-order chi connectivity index (χ0) is 28.1. The van der Waals surface area contributed by atoms with Crippen LogP contribution in [0.5, 0.6) is 0 Å². The van der Waals surface area contributed by atoms with Crippen molar-refractivity contribution in [3.05, 3.63) is 170 Å². The molecule has 42 heavy (non-hydrogen) atoms. The van der Waals surface area contributed by atoms with Crippen LogP contribution in [0.1, 0.15) is 0 Å². The van der Waals surface area contributed by atoms with Gasteiger partial charge in [-0.25, -0.2) is 0 Å². The van der Waals surface area contributed by atoms with Gasteiger partial charge in [-0.15, -0.1) is 0 Å². The maximum atomic E-state index is 3.68. The van der Waals surface area contributed by atoms with Crippen LogP contribution in [0.3, 0.4) is 0 Å². The van der Waals surface area contributed by atoms with Crippen molar-refractivity contribution in [3.63, 3.8) is 0 Å². The first-order chi connectivity index (χ1) is 20.8. The predicted octanol–water partition coefficient (Wildman–Crippen LogP) is 11.3. The van der Waals surface area contributed by atoms with Gasteiger partial charge < -0.3 is 10.6 Å². The van der Waals surface area contributed by atoms with E-state index in [0.29, 0.717) is 0 Å². The minimum absolute atomic E-state index is 1.05. The SMILES string of the molecule is c1ccc(-c2ccc(Nc3ccccc3-c3ccccc3Nc3ccc(-c4cccc5ccccc45)cc3)cc2)cc1. The first-order valence-corrected chi connectivity index (χ1v) is 14.3. The standard InChI is InChI=1S/C40H30N2/c1-2-11-29(12-3-1)30-21-25-33(26-22-30)41-39-19-8-6-16-37(39)38-17-7-9-20-40(38)42-34-27-23-32(24-28-34)36-18-10-14-31-13-4-5-15-35(31)36/h1-28,41-42H. The van der Waals surface area contributed by atoms with Gasteiger partial charge in [0.25, 0.3) is 0 Å². The lowest BCUT2D eigenvalue weighted by Gasteiger charge is -2.17. The van der Waals surface area contributed by atoms with Crippen LogP contribution in [0.2, 0.25) is 0 Å². The summed E-state index contributed by atoms with van der Waals surface area (Å²) in [6.07, 6.45) is 0. The van der Waals surface area contributed by atoms with E-state index in [9.17, 15) is 0 Å². The molecule has 0 aliphatic carbocycles. The van der Waals surface area contributed by atoms with Crippen molar-refractivity contribution >= 4 is 33.5 Å². The molecule has 0 unspecified atom stereocenters. The van der Waals surface area contributed by atoms with Crippen molar-refractivity contribution in [3.8, 4) is 33.4 Å². The van der Waals surface area contributed by atoms with Gasteiger partial charge in [0.15, 0.2) is 0 Å². The van der Waals surface area contributed by atoms with Crippen LogP contribution in [0.4, 0.5) is 22.7 Å². The number of fused-ring (bicyclic) bond motifs is 1. The Morgan fingerprint density at radius 1 is 0.286 bits per heavy atom. The van der Waals surface area contributed by atoms with Crippen molar-refractivity contribution in [2.45, 2.75) is 0 Å². The molecule has 0 aromatic heterocycles. The molecule has 2 N–H and O–H groups in total. The van der Waals surface area contributed by atoms with E-state index in [1.54, 1.807) is 0 Å². The van der Waals surface area contributed by atoms with Crippen molar-refractivity contribution in [1.82, 2.24) is 0 Å². The van der Waals surface area contributed by atoms with Crippen LogP contribution in [0.15, 0.2) is 170 Å². The third kappa shape index (κ3) is 5.26. The molecule has 200 valence electrons. The Bertz CT molecular complexity index is 1950. The molecule has 0 fully saturated rings. The lowest BCUT2D eigenvalue weighted by atomic mass is 9.98. The summed E-state index contributed by atoms with van der Waals surface area (Å²) < 4.78 is 0. The summed E-state index contributed by atoms with van der Waals surface area (Å²) in [5, 5.41) is 9.85. The monoisotopic (exact) mass is 538 g/mol. The molecule has 0 spiro atoms. The molecule has 0 aliphatic heterocycles. The maximum Gasteiger partial charge on any atom is 0.0464 e. The van der Waals surface area contributed by atoms with E-state index in [1.165, 1.54) is 33.0 Å². The lowest BCUT2D eigenvalue weighted by molar-refractivity contribution is 1.50. The molecule has 0 aliphatic rings. The van der Waals surface area contributed by atoms with Gasteiger partial charge in [-0.05, 0) is 69.4 Å². The largest absolute Gasteiger partial charge is 0.355 e. The molecular formula is C40H30N2. The van der Waals surface area contributed by atoms with Crippen LogP contribution in [-0.2, 0) is 0 Å². The second-order valence-electron chi connectivity index (χ2n) is 10.4. The van der Waals surface area contributed by atoms with Crippen molar-refractivity contribution < 1.29 is 0 Å². The van der Waals surface area contributed by atoms with E-state index in [0.717, 1.165) is 33.9 Å². The Labute approximate surface area is 246 Å². The van der Waals surface area contributed by atoms with Gasteiger partial charge in [-0.1, -0.05) is 133 Å². The average molecular weight is 539 g/mol. The minimum Gasteiger partial charge on any atom is -0.355 e. The van der Waals surface area contributed by atoms with E-state index in [-0.39, 0.29) is 0 Å². The average Bonchev–Trinajstić information content (AvgIpc) is 3.06. The lowest BCUT2D eigenvalue weighted by Crippen LogP contribution is -1.97. The Morgan fingerprint density at radius 3 is 1.38 bits per heavy atom. The first kappa shape index (κ1) is 25.4. The molecule has 7 aromatic rings. The quantitative estimate of drug-likeness (QED) is 0.211. The Kier molecular flexibility index (Phi) is 6.94. The molecular weight excluding hydrogens is 508 g/mol. The topological polar surface area (TPSA) is 24.1 Å². The molecule has 0 bridgehead atoms. The van der Waals surface area contributed by atoms with Crippen molar-refractivity contribution in [1.29, 1.82) is 0 Å². The summed E-state index contributed by atoms with van der Waals surface area (Å²) in [6.45, 7) is 0. The van der Waals surface area contributed by atoms with Crippen LogP contribution < -0.4 is 10.6 Å². The summed E-state index contributed by atoms with van der Waals surface area (Å²) in [5.41, 5.74) is 11.4. The molecule has 0 heterocycles. The number of anilines is 4. The third-order valence-electron chi connectivity index (χ3n) is 7.68. The zero-order valence-corrected chi connectivity index (χ0v) is 23.2. The molecule has 0 saturated heterocycles. The van der Waals surface area contributed by atoms with E-state index in [1.807, 2.05) is 6.07 Å². The van der Waals surface area contributed by atoms with Crippen molar-refractivity contribution in [2.75, 3.05) is 10.6 Å². The van der Waals surface area contributed by atoms with Gasteiger partial charge in [0, 0.05) is 33.9 Å². The first-order valence-electron chi connectivity index (χ1n) is 14.3. The van der Waals surface area contributed by atoms with Gasteiger partial charge in [0.05, 0.1) is 0 Å². The highest BCUT2D eigenvalue weighted by Crippen LogP contribution is 2.37. The van der Waals surface area contributed by atoms with Gasteiger partial charge in [-0.3, -0.25) is 0 Å². The molecule has 2 heteroatoms. The fourth-order valence-electron chi connectivity index (χ4n) is 5.55. The summed E-state index contributed by atoms with van der Waals surface area (Å²) in [4.78, 5) is 0. The Hall–Kier alpha value is -5.60. The molecule has 0 radical (unpaired) electrons. The Morgan fingerprint density at radius 2 is 0.738 bits per heavy atom. The maximum absolute atomic E-state index is 3.68. The molecule has 0 saturated carbocycles. The number of benzene rings is 7. The van der Waals surface area contributed by atoms with E-state index in [4.69, 9.17) is 0 Å². The molecule has 2 nitrogen and oxygen atoms in total. The van der Waals surface area contributed by atoms with Crippen LogP contribution in [-0.4, -0.2) is 0 Å². The number of hydrogen-bond donors (Lipinski definition) is 2. The molecule has 0 amide bonds. The fraction of sp³-hybridized carbons (Fsp3) is 0. The Balaban J connectivity index is 1.15. The van der Waals surface area contributed by atoms with Gasteiger partial charge in [0.1, 0.15) is 0 Å². The molecule has 0 atom stereocenters. The van der Waals surface area contributed by atoms with Gasteiger partial charge in [0.2, 0.25) is 0 Å². The number of nitrogens with one attached hydrogen (secondary N) is 2. The summed E-state index contributed by atoms with van der Waals surface area (Å²) in [7, 11) is 0. The third-order valence-corrected chi connectivity index (χ3v) is 7.68. The number of rotatable bonds is 7. The van der Waals surface area contributed by atoms with E-state index in [2.05, 4.69) is 174 Å². The fourth-order valence-corrected chi connectivity index (χ4v) is 5.55. The van der Waals surface area contributed by atoms with Crippen LogP contribution in [0, 0.1) is 0 Å². The summed E-state index contributed by atoms with van der Waals surface area (Å²) >= 11 is 0. The smallest absolute Gasteiger partial charge is 0.0464 e. The summed E-state index contributed by atoms with van der Waals surface area (Å²) in [5.74, 6) is 0. The second kappa shape index (κ2) is 11.5. The normalized spacial score (nSPS) is 10.9. The highest BCUT2D eigenvalue weighted by molar-refractivity contribution is 5.97. The predicted molar refractivity (Wildman–Crippen MR) is 180 cm³/mol. The zero-order valence-electron chi connectivity index (χ0n) is 23.2. The van der Waals surface area contributed by atoms with Crippen LogP contribution in [0.25, 0.3) is 44.2 Å². The van der Waals surface area contributed by atoms with Crippen LogP contribution >= 0.6 is 0 Å². The molecule has 7 rings (SSSR count). The minimum atomic E-state index is 1.05. The molecule has 7 aromatic carbocycles. The van der Waals surface area contributed by atoms with Gasteiger partial charge in [-0.2, -0.15) is 0 Å². The van der Waals surface area contributed by atoms with E-state index >= 15 is 0 Å². The highest BCUT2D eigenvalue weighted by atomic mass is 14.9. The van der Waals surface area contributed by atoms with Crippen molar-refractivity contribution in [2.24, 2.45) is 0 Å².